The normalized spacial score (nSPS) is 13.9. The lowest BCUT2D eigenvalue weighted by Gasteiger charge is -2.36. The smallest absolute Gasteiger partial charge is 0.327 e. The van der Waals surface area contributed by atoms with Crippen molar-refractivity contribution in [2.75, 3.05) is 65.5 Å². The van der Waals surface area contributed by atoms with E-state index >= 15 is 0 Å². The summed E-state index contributed by atoms with van der Waals surface area (Å²) in [6.45, 7) is 7.12. The van der Waals surface area contributed by atoms with E-state index in [0.29, 0.717) is 6.54 Å². The predicted octanol–water partition coefficient (Wildman–Crippen LogP) is 2.87. The maximum atomic E-state index is 12.8. The molecule has 0 bridgehead atoms. The van der Waals surface area contributed by atoms with Crippen LogP contribution in [-0.4, -0.2) is 76.3 Å². The van der Waals surface area contributed by atoms with Gasteiger partial charge in [0, 0.05) is 44.5 Å². The number of rotatable bonds is 10. The molecule has 10 heteroatoms. The van der Waals surface area contributed by atoms with Crippen LogP contribution < -0.4 is 24.4 Å². The van der Waals surface area contributed by atoms with Gasteiger partial charge < -0.3 is 24.4 Å². The van der Waals surface area contributed by atoms with E-state index in [4.69, 9.17) is 14.2 Å². The number of carbonyl (C=O) groups is 1. The Hall–Kier alpha value is -3.53. The Balaban J connectivity index is 1.55. The molecular formula is C24H32N4O6. The summed E-state index contributed by atoms with van der Waals surface area (Å²) in [4.78, 5) is 28.6. The van der Waals surface area contributed by atoms with Crippen molar-refractivity contribution in [2.45, 2.75) is 13.3 Å². The zero-order chi connectivity index (χ0) is 24.7. The molecule has 2 aromatic carbocycles. The fraction of sp³-hybridized carbons (Fsp3) is 0.458. The largest absolute Gasteiger partial charge is 0.493 e. The lowest BCUT2D eigenvalue weighted by molar-refractivity contribution is -0.386. The minimum absolute atomic E-state index is 0.0676. The summed E-state index contributed by atoms with van der Waals surface area (Å²) in [6.07, 6.45) is 0.731. The van der Waals surface area contributed by atoms with Crippen LogP contribution >= 0.6 is 0 Å². The molecule has 1 heterocycles. The molecule has 0 spiro atoms. The Labute approximate surface area is 199 Å². The zero-order valence-electron chi connectivity index (χ0n) is 20.1. The number of hydrogen-bond acceptors (Lipinski definition) is 8. The Bertz CT molecular complexity index is 1020. The molecule has 1 fully saturated rings. The third-order valence-corrected chi connectivity index (χ3v) is 5.91. The lowest BCUT2D eigenvalue weighted by atomic mass is 10.1. The molecule has 1 aliphatic heterocycles. The summed E-state index contributed by atoms with van der Waals surface area (Å²) in [5.74, 6) is -0.460. The van der Waals surface area contributed by atoms with Crippen LogP contribution in [0.2, 0.25) is 0 Å². The molecule has 3 rings (SSSR count). The number of aryl methyl sites for hydroxylation is 1. The van der Waals surface area contributed by atoms with Crippen molar-refractivity contribution in [1.82, 2.24) is 10.2 Å². The number of hydrogen-bond donors (Lipinski definition) is 1. The quantitative estimate of drug-likeness (QED) is 0.320. The Morgan fingerprint density at radius 2 is 1.76 bits per heavy atom. The minimum atomic E-state index is -0.649. The highest BCUT2D eigenvalue weighted by atomic mass is 16.6. The monoisotopic (exact) mass is 472 g/mol. The van der Waals surface area contributed by atoms with Gasteiger partial charge in [0.2, 0.25) is 11.5 Å². The molecule has 34 heavy (non-hydrogen) atoms. The van der Waals surface area contributed by atoms with Crippen LogP contribution in [0.3, 0.4) is 0 Å². The molecule has 1 saturated heterocycles. The van der Waals surface area contributed by atoms with Gasteiger partial charge in [-0.2, -0.15) is 0 Å². The number of nitrogens with one attached hydrogen (secondary N) is 1. The van der Waals surface area contributed by atoms with Crippen molar-refractivity contribution in [3.05, 3.63) is 51.6 Å². The molecule has 184 valence electrons. The standard InChI is InChI=1S/C24H32N4O6/c1-17-7-5-8-18(15-17)27-13-11-26(12-14-27)10-6-9-25-24(29)19-16-20(32-2)22(33-3)23(34-4)21(19)28(30)31/h5,7-8,15-16H,6,9-14H2,1-4H3,(H,25,29). The first-order valence-electron chi connectivity index (χ1n) is 11.2. The fourth-order valence-corrected chi connectivity index (χ4v) is 4.15. The fourth-order valence-electron chi connectivity index (χ4n) is 4.15. The molecule has 1 N–H and O–H groups in total. The summed E-state index contributed by atoms with van der Waals surface area (Å²) in [7, 11) is 4.03. The summed E-state index contributed by atoms with van der Waals surface area (Å²) in [5, 5.41) is 14.5. The van der Waals surface area contributed by atoms with Crippen LogP contribution in [0, 0.1) is 17.0 Å². The molecule has 0 radical (unpaired) electrons. The second-order valence-electron chi connectivity index (χ2n) is 8.08. The summed E-state index contributed by atoms with van der Waals surface area (Å²) in [5.41, 5.74) is 1.91. The number of methoxy groups -OCH3 is 3. The van der Waals surface area contributed by atoms with Crippen molar-refractivity contribution < 1.29 is 23.9 Å². The van der Waals surface area contributed by atoms with Crippen molar-refractivity contribution in [2.24, 2.45) is 0 Å². The molecule has 1 aliphatic rings. The topological polar surface area (TPSA) is 106 Å². The Morgan fingerprint density at radius 1 is 1.06 bits per heavy atom. The molecule has 0 aliphatic carbocycles. The number of nitro groups is 1. The maximum absolute atomic E-state index is 12.8. The second kappa shape index (κ2) is 11.6. The molecule has 0 saturated carbocycles. The van der Waals surface area contributed by atoms with Gasteiger partial charge >= 0.3 is 5.69 Å². The number of benzene rings is 2. The number of anilines is 1. The van der Waals surface area contributed by atoms with Crippen molar-refractivity contribution in [3.8, 4) is 17.2 Å². The van der Waals surface area contributed by atoms with Crippen molar-refractivity contribution in [3.63, 3.8) is 0 Å². The SMILES string of the molecule is COc1cc(C(=O)NCCCN2CCN(c3cccc(C)c3)CC2)c([N+](=O)[O-])c(OC)c1OC. The highest BCUT2D eigenvalue weighted by Gasteiger charge is 2.32. The molecule has 2 aromatic rings. The Morgan fingerprint density at radius 3 is 2.35 bits per heavy atom. The van der Waals surface area contributed by atoms with Gasteiger partial charge in [0.05, 0.1) is 26.3 Å². The lowest BCUT2D eigenvalue weighted by Crippen LogP contribution is -2.47. The van der Waals surface area contributed by atoms with E-state index in [1.54, 1.807) is 0 Å². The number of nitrogens with zero attached hydrogens (tertiary/aromatic N) is 3. The first-order valence-corrected chi connectivity index (χ1v) is 11.2. The van der Waals surface area contributed by atoms with Gasteiger partial charge in [-0.25, -0.2) is 0 Å². The molecule has 0 aromatic heterocycles. The van der Waals surface area contributed by atoms with E-state index in [9.17, 15) is 14.9 Å². The molecule has 0 unspecified atom stereocenters. The van der Waals surface area contributed by atoms with Crippen LogP contribution in [0.5, 0.6) is 17.2 Å². The van der Waals surface area contributed by atoms with E-state index in [1.807, 2.05) is 0 Å². The average Bonchev–Trinajstić information content (AvgIpc) is 2.85. The van der Waals surface area contributed by atoms with Gasteiger partial charge in [0.15, 0.2) is 5.75 Å². The van der Waals surface area contributed by atoms with Gasteiger partial charge in [0.1, 0.15) is 5.56 Å². The van der Waals surface area contributed by atoms with Crippen LogP contribution in [0.15, 0.2) is 30.3 Å². The highest BCUT2D eigenvalue weighted by molar-refractivity contribution is 6.00. The maximum Gasteiger partial charge on any atom is 0.327 e. The average molecular weight is 473 g/mol. The molecular weight excluding hydrogens is 440 g/mol. The van der Waals surface area contributed by atoms with Gasteiger partial charge in [-0.3, -0.25) is 19.8 Å². The van der Waals surface area contributed by atoms with Crippen molar-refractivity contribution in [1.29, 1.82) is 0 Å². The van der Waals surface area contributed by atoms with Gasteiger partial charge in [-0.1, -0.05) is 12.1 Å². The molecule has 1 amide bonds. The summed E-state index contributed by atoms with van der Waals surface area (Å²) < 4.78 is 15.6. The van der Waals surface area contributed by atoms with Crippen molar-refractivity contribution >= 4 is 17.3 Å². The number of ether oxygens (including phenoxy) is 3. The van der Waals surface area contributed by atoms with Crippen LogP contribution in [0.4, 0.5) is 11.4 Å². The zero-order valence-corrected chi connectivity index (χ0v) is 20.1. The number of amides is 1. The van der Waals surface area contributed by atoms with E-state index in [2.05, 4.69) is 46.3 Å². The highest BCUT2D eigenvalue weighted by Crippen LogP contribution is 2.46. The van der Waals surface area contributed by atoms with Crippen LogP contribution in [0.25, 0.3) is 0 Å². The number of piperazine rings is 1. The summed E-state index contributed by atoms with van der Waals surface area (Å²) in [6, 6.07) is 9.83. The van der Waals surface area contributed by atoms with Gasteiger partial charge in [-0.15, -0.1) is 0 Å². The third-order valence-electron chi connectivity index (χ3n) is 5.91. The predicted molar refractivity (Wildman–Crippen MR) is 130 cm³/mol. The van der Waals surface area contributed by atoms with E-state index in [1.165, 1.54) is 38.6 Å². The van der Waals surface area contributed by atoms with Gasteiger partial charge in [0.25, 0.3) is 5.91 Å². The minimum Gasteiger partial charge on any atom is -0.493 e. The molecule has 0 atom stereocenters. The third kappa shape index (κ3) is 5.69. The molecule has 10 nitrogen and oxygen atoms in total. The Kier molecular flexibility index (Phi) is 8.53. The van der Waals surface area contributed by atoms with E-state index < -0.39 is 16.5 Å². The number of carbonyl (C=O) groups excluding carboxylic acids is 1. The van der Waals surface area contributed by atoms with E-state index in [-0.39, 0.29) is 22.8 Å². The first kappa shape index (κ1) is 25.1. The second-order valence-corrected chi connectivity index (χ2v) is 8.08. The first-order chi connectivity index (χ1) is 16.4. The van der Waals surface area contributed by atoms with Gasteiger partial charge in [-0.05, 0) is 37.6 Å². The van der Waals surface area contributed by atoms with Crippen LogP contribution in [-0.2, 0) is 0 Å². The number of nitro benzene ring substituents is 1. The summed E-state index contributed by atoms with van der Waals surface area (Å²) >= 11 is 0. The van der Waals surface area contributed by atoms with E-state index in [0.717, 1.165) is 39.1 Å². The van der Waals surface area contributed by atoms with Crippen LogP contribution in [0.1, 0.15) is 22.3 Å².